The Balaban J connectivity index is 1.63. The van der Waals surface area contributed by atoms with Crippen LogP contribution >= 0.6 is 12.2 Å². The second kappa shape index (κ2) is 10.3. The van der Waals surface area contributed by atoms with Crippen LogP contribution in [0.3, 0.4) is 0 Å². The summed E-state index contributed by atoms with van der Waals surface area (Å²) >= 11 is 5.20. The standard InChI is InChI=1S/C22H19F2N3O2S/c1-28-20-9-7-15(13-25-27-22(30)26-18-5-3-2-4-6-18)11-16(20)14-29-21-10-8-17(23)12-19(21)24/h2-13H,14H2,1H3,(H2,26,27,30)/b25-13-. The maximum atomic E-state index is 13.8. The summed E-state index contributed by atoms with van der Waals surface area (Å²) in [4.78, 5) is 0. The fraction of sp³-hybridized carbons (Fsp3) is 0.0909. The maximum Gasteiger partial charge on any atom is 0.191 e. The molecule has 0 aromatic heterocycles. The summed E-state index contributed by atoms with van der Waals surface area (Å²) in [6.07, 6.45) is 1.58. The van der Waals surface area contributed by atoms with Gasteiger partial charge in [-0.25, -0.2) is 8.78 Å². The first-order valence-corrected chi connectivity index (χ1v) is 9.36. The predicted octanol–water partition coefficient (Wildman–Crippen LogP) is 4.87. The monoisotopic (exact) mass is 427 g/mol. The Hall–Kier alpha value is -3.52. The Morgan fingerprint density at radius 1 is 1.03 bits per heavy atom. The van der Waals surface area contributed by atoms with Gasteiger partial charge in [-0.3, -0.25) is 5.43 Å². The zero-order valence-electron chi connectivity index (χ0n) is 16.1. The number of anilines is 1. The molecule has 0 fully saturated rings. The number of para-hydroxylation sites is 1. The number of hydrazone groups is 1. The molecule has 0 bridgehead atoms. The second-order valence-electron chi connectivity index (χ2n) is 6.12. The van der Waals surface area contributed by atoms with Crippen molar-refractivity contribution in [3.63, 3.8) is 0 Å². The highest BCUT2D eigenvalue weighted by molar-refractivity contribution is 7.80. The summed E-state index contributed by atoms with van der Waals surface area (Å²) in [6.45, 7) is 0.0365. The molecule has 3 rings (SSSR count). The van der Waals surface area contributed by atoms with Crippen LogP contribution < -0.4 is 20.2 Å². The SMILES string of the molecule is COc1ccc(/C=N\NC(=S)Nc2ccccc2)cc1COc1ccc(F)cc1F. The molecule has 2 N–H and O–H groups in total. The number of nitrogens with zero attached hydrogens (tertiary/aromatic N) is 1. The van der Waals surface area contributed by atoms with Crippen LogP contribution in [0, 0.1) is 11.6 Å². The number of hydrogen-bond donors (Lipinski definition) is 2. The summed E-state index contributed by atoms with van der Waals surface area (Å²) < 4.78 is 37.6. The molecule has 3 aromatic carbocycles. The molecule has 0 unspecified atom stereocenters. The number of thiocarbonyl (C=S) groups is 1. The lowest BCUT2D eigenvalue weighted by atomic mass is 10.1. The molecule has 0 amide bonds. The average molecular weight is 427 g/mol. The zero-order chi connectivity index (χ0) is 21.3. The zero-order valence-corrected chi connectivity index (χ0v) is 16.9. The van der Waals surface area contributed by atoms with Gasteiger partial charge in [0.25, 0.3) is 0 Å². The summed E-state index contributed by atoms with van der Waals surface area (Å²) in [6, 6.07) is 18.0. The predicted molar refractivity (Wildman–Crippen MR) is 117 cm³/mol. The van der Waals surface area contributed by atoms with Crippen LogP contribution in [-0.2, 0) is 6.61 Å². The molecule has 30 heavy (non-hydrogen) atoms. The summed E-state index contributed by atoms with van der Waals surface area (Å²) in [7, 11) is 1.53. The number of methoxy groups -OCH3 is 1. The average Bonchev–Trinajstić information content (AvgIpc) is 2.74. The summed E-state index contributed by atoms with van der Waals surface area (Å²) in [5, 5.41) is 7.47. The number of ether oxygens (including phenoxy) is 2. The smallest absolute Gasteiger partial charge is 0.191 e. The Morgan fingerprint density at radius 3 is 2.53 bits per heavy atom. The van der Waals surface area contributed by atoms with Crippen molar-refractivity contribution >= 4 is 29.2 Å². The first-order chi connectivity index (χ1) is 14.5. The van der Waals surface area contributed by atoms with Gasteiger partial charge in [0.2, 0.25) is 0 Å². The molecule has 154 valence electrons. The number of hydrogen-bond acceptors (Lipinski definition) is 4. The highest BCUT2D eigenvalue weighted by atomic mass is 32.1. The largest absolute Gasteiger partial charge is 0.496 e. The molecule has 0 spiro atoms. The van der Waals surface area contributed by atoms with Crippen molar-refractivity contribution in [3.05, 3.63) is 89.5 Å². The van der Waals surface area contributed by atoms with Crippen molar-refractivity contribution in [2.75, 3.05) is 12.4 Å². The van der Waals surface area contributed by atoms with Crippen LogP contribution in [0.5, 0.6) is 11.5 Å². The maximum absolute atomic E-state index is 13.8. The first-order valence-electron chi connectivity index (χ1n) is 8.95. The third kappa shape index (κ3) is 5.99. The van der Waals surface area contributed by atoms with Crippen LogP contribution in [-0.4, -0.2) is 18.4 Å². The van der Waals surface area contributed by atoms with Crippen molar-refractivity contribution in [3.8, 4) is 11.5 Å². The van der Waals surface area contributed by atoms with Gasteiger partial charge in [-0.2, -0.15) is 5.10 Å². The number of nitrogens with one attached hydrogen (secondary N) is 2. The van der Waals surface area contributed by atoms with Crippen molar-refractivity contribution < 1.29 is 18.3 Å². The van der Waals surface area contributed by atoms with Crippen molar-refractivity contribution in [2.24, 2.45) is 5.10 Å². The van der Waals surface area contributed by atoms with E-state index in [0.717, 1.165) is 23.4 Å². The second-order valence-corrected chi connectivity index (χ2v) is 6.53. The Morgan fingerprint density at radius 2 is 1.80 bits per heavy atom. The molecule has 0 radical (unpaired) electrons. The van der Waals surface area contributed by atoms with E-state index in [1.165, 1.54) is 13.2 Å². The van der Waals surface area contributed by atoms with E-state index in [4.69, 9.17) is 21.7 Å². The molecule has 0 atom stereocenters. The van der Waals surface area contributed by atoms with Gasteiger partial charge in [-0.15, -0.1) is 0 Å². The number of benzene rings is 3. The van der Waals surface area contributed by atoms with Crippen LogP contribution in [0.1, 0.15) is 11.1 Å². The van der Waals surface area contributed by atoms with Crippen LogP contribution in [0.15, 0.2) is 71.8 Å². The lowest BCUT2D eigenvalue weighted by Crippen LogP contribution is -2.23. The molecule has 0 saturated heterocycles. The highest BCUT2D eigenvalue weighted by Gasteiger charge is 2.09. The summed E-state index contributed by atoms with van der Waals surface area (Å²) in [5.41, 5.74) is 5.02. The fourth-order valence-electron chi connectivity index (χ4n) is 2.59. The van der Waals surface area contributed by atoms with E-state index in [1.807, 2.05) is 30.3 Å². The Bertz CT molecular complexity index is 1050. The topological polar surface area (TPSA) is 54.9 Å². The van der Waals surface area contributed by atoms with Crippen molar-refractivity contribution in [1.82, 2.24) is 5.43 Å². The Kier molecular flexibility index (Phi) is 7.29. The molecule has 0 saturated carbocycles. The van der Waals surface area contributed by atoms with Gasteiger partial charge in [-0.1, -0.05) is 18.2 Å². The number of rotatable bonds is 7. The molecule has 0 aliphatic heterocycles. The molecule has 0 aliphatic carbocycles. The van der Waals surface area contributed by atoms with E-state index in [2.05, 4.69) is 15.8 Å². The molecule has 3 aromatic rings. The van der Waals surface area contributed by atoms with Crippen molar-refractivity contribution in [2.45, 2.75) is 6.61 Å². The normalized spacial score (nSPS) is 10.6. The molecular formula is C22H19F2N3O2S. The van der Waals surface area contributed by atoms with Gasteiger partial charge in [0.1, 0.15) is 18.2 Å². The van der Waals surface area contributed by atoms with E-state index in [9.17, 15) is 8.78 Å². The lowest BCUT2D eigenvalue weighted by Gasteiger charge is -2.12. The molecular weight excluding hydrogens is 408 g/mol. The minimum absolute atomic E-state index is 0.0365. The third-order valence-electron chi connectivity index (χ3n) is 3.99. The molecule has 0 heterocycles. The van der Waals surface area contributed by atoms with E-state index >= 15 is 0 Å². The Labute approximate surface area is 178 Å². The van der Waals surface area contributed by atoms with Gasteiger partial charge in [0.15, 0.2) is 16.7 Å². The van der Waals surface area contributed by atoms with E-state index in [-0.39, 0.29) is 12.4 Å². The van der Waals surface area contributed by atoms with Gasteiger partial charge in [0.05, 0.1) is 13.3 Å². The minimum Gasteiger partial charge on any atom is -0.496 e. The highest BCUT2D eigenvalue weighted by Crippen LogP contribution is 2.23. The van der Waals surface area contributed by atoms with Crippen LogP contribution in [0.2, 0.25) is 0 Å². The van der Waals surface area contributed by atoms with Gasteiger partial charge >= 0.3 is 0 Å². The van der Waals surface area contributed by atoms with Gasteiger partial charge in [-0.05, 0) is 60.2 Å². The fourth-order valence-corrected chi connectivity index (χ4v) is 2.76. The van der Waals surface area contributed by atoms with E-state index in [1.54, 1.807) is 24.4 Å². The first kappa shape index (κ1) is 21.2. The van der Waals surface area contributed by atoms with Crippen LogP contribution in [0.25, 0.3) is 0 Å². The summed E-state index contributed by atoms with van der Waals surface area (Å²) in [5.74, 6) is -0.904. The minimum atomic E-state index is -0.768. The van der Waals surface area contributed by atoms with Gasteiger partial charge < -0.3 is 14.8 Å². The van der Waals surface area contributed by atoms with Crippen LogP contribution in [0.4, 0.5) is 14.5 Å². The molecule has 5 nitrogen and oxygen atoms in total. The van der Waals surface area contributed by atoms with Crippen molar-refractivity contribution in [1.29, 1.82) is 0 Å². The van der Waals surface area contributed by atoms with Gasteiger partial charge in [0, 0.05) is 17.3 Å². The molecule has 8 heteroatoms. The molecule has 0 aliphatic rings. The number of halogens is 2. The van der Waals surface area contributed by atoms with E-state index < -0.39 is 11.6 Å². The third-order valence-corrected chi connectivity index (χ3v) is 4.19. The van der Waals surface area contributed by atoms with E-state index in [0.29, 0.717) is 16.4 Å². The quantitative estimate of drug-likeness (QED) is 0.320. The lowest BCUT2D eigenvalue weighted by molar-refractivity contribution is 0.282.